The zero-order valence-electron chi connectivity index (χ0n) is 16.2. The standard InChI is InChI=1S/C20H33N5.HI/c1-4-11-22-20(21-5-2)23-16-18-9-7-8-10-19(18)17-25-14-12-24(6-3)13-15-25;/h4,7-10H,1,5-6,11-17H2,2-3H3,(H2,21,22,23);1H. The van der Waals surface area contributed by atoms with Gasteiger partial charge in [-0.2, -0.15) is 0 Å². The summed E-state index contributed by atoms with van der Waals surface area (Å²) in [6, 6.07) is 8.67. The van der Waals surface area contributed by atoms with Crippen molar-refractivity contribution >= 4 is 29.9 Å². The van der Waals surface area contributed by atoms with E-state index in [9.17, 15) is 0 Å². The van der Waals surface area contributed by atoms with Gasteiger partial charge in [0.25, 0.3) is 0 Å². The lowest BCUT2D eigenvalue weighted by Crippen LogP contribution is -2.45. The predicted molar refractivity (Wildman–Crippen MR) is 122 cm³/mol. The number of piperazine rings is 1. The minimum atomic E-state index is 0. The number of halogens is 1. The average Bonchev–Trinajstić information content (AvgIpc) is 2.65. The molecule has 146 valence electrons. The van der Waals surface area contributed by atoms with Crippen LogP contribution in [0.15, 0.2) is 41.9 Å². The van der Waals surface area contributed by atoms with Crippen LogP contribution in [0.25, 0.3) is 0 Å². The van der Waals surface area contributed by atoms with E-state index in [0.29, 0.717) is 6.54 Å². The number of aliphatic imine (C=N–C) groups is 1. The Morgan fingerprint density at radius 1 is 1.08 bits per heavy atom. The van der Waals surface area contributed by atoms with Crippen LogP contribution in [0, 0.1) is 0 Å². The van der Waals surface area contributed by atoms with Gasteiger partial charge in [0.15, 0.2) is 5.96 Å². The Labute approximate surface area is 176 Å². The smallest absolute Gasteiger partial charge is 0.191 e. The highest BCUT2D eigenvalue weighted by Crippen LogP contribution is 2.14. The maximum atomic E-state index is 4.72. The first-order chi connectivity index (χ1) is 12.3. The van der Waals surface area contributed by atoms with Crippen LogP contribution >= 0.6 is 24.0 Å². The topological polar surface area (TPSA) is 42.9 Å². The number of benzene rings is 1. The van der Waals surface area contributed by atoms with Gasteiger partial charge in [0.05, 0.1) is 6.54 Å². The fraction of sp³-hybridized carbons (Fsp3) is 0.550. The van der Waals surface area contributed by atoms with Crippen LogP contribution in [-0.2, 0) is 13.1 Å². The monoisotopic (exact) mass is 471 g/mol. The summed E-state index contributed by atoms with van der Waals surface area (Å²) in [4.78, 5) is 9.79. The van der Waals surface area contributed by atoms with Gasteiger partial charge in [-0.3, -0.25) is 4.90 Å². The van der Waals surface area contributed by atoms with E-state index in [-0.39, 0.29) is 24.0 Å². The summed E-state index contributed by atoms with van der Waals surface area (Å²) in [7, 11) is 0. The second kappa shape index (κ2) is 13.1. The van der Waals surface area contributed by atoms with E-state index in [1.54, 1.807) is 0 Å². The molecule has 26 heavy (non-hydrogen) atoms. The Kier molecular flexibility index (Phi) is 11.6. The van der Waals surface area contributed by atoms with Crippen LogP contribution in [0.2, 0.25) is 0 Å². The summed E-state index contributed by atoms with van der Waals surface area (Å²) >= 11 is 0. The van der Waals surface area contributed by atoms with E-state index in [0.717, 1.165) is 45.2 Å². The molecular weight excluding hydrogens is 437 g/mol. The highest BCUT2D eigenvalue weighted by atomic mass is 127. The summed E-state index contributed by atoms with van der Waals surface area (Å²) < 4.78 is 0. The summed E-state index contributed by atoms with van der Waals surface area (Å²) in [5, 5.41) is 6.53. The van der Waals surface area contributed by atoms with Crippen LogP contribution < -0.4 is 10.6 Å². The minimum Gasteiger partial charge on any atom is -0.357 e. The van der Waals surface area contributed by atoms with Gasteiger partial charge < -0.3 is 15.5 Å². The van der Waals surface area contributed by atoms with Crippen molar-refractivity contribution in [3.63, 3.8) is 0 Å². The highest BCUT2D eigenvalue weighted by molar-refractivity contribution is 14.0. The molecule has 0 amide bonds. The van der Waals surface area contributed by atoms with Crippen molar-refractivity contribution in [1.29, 1.82) is 0 Å². The molecule has 0 radical (unpaired) electrons. The number of hydrogen-bond acceptors (Lipinski definition) is 3. The molecule has 0 bridgehead atoms. The lowest BCUT2D eigenvalue weighted by atomic mass is 10.1. The Bertz CT molecular complexity index is 553. The minimum absolute atomic E-state index is 0. The SMILES string of the molecule is C=CCNC(=NCc1ccccc1CN1CCN(CC)CC1)NCC.I. The van der Waals surface area contributed by atoms with Gasteiger partial charge in [-0.1, -0.05) is 37.3 Å². The molecule has 0 atom stereocenters. The van der Waals surface area contributed by atoms with Crippen LogP contribution in [0.4, 0.5) is 0 Å². The maximum Gasteiger partial charge on any atom is 0.191 e. The van der Waals surface area contributed by atoms with Crippen molar-refractivity contribution in [2.45, 2.75) is 26.9 Å². The Balaban J connectivity index is 0.00000338. The first kappa shape index (κ1) is 22.9. The van der Waals surface area contributed by atoms with Crippen molar-refractivity contribution < 1.29 is 0 Å². The molecule has 2 rings (SSSR count). The molecule has 1 fully saturated rings. The molecule has 1 aliphatic heterocycles. The third-order valence-electron chi connectivity index (χ3n) is 4.59. The molecule has 1 saturated heterocycles. The van der Waals surface area contributed by atoms with E-state index < -0.39 is 0 Å². The first-order valence-corrected chi connectivity index (χ1v) is 9.41. The van der Waals surface area contributed by atoms with Crippen molar-refractivity contribution in [2.75, 3.05) is 45.8 Å². The fourth-order valence-electron chi connectivity index (χ4n) is 3.05. The number of guanidine groups is 1. The van der Waals surface area contributed by atoms with Crippen molar-refractivity contribution in [2.24, 2.45) is 4.99 Å². The number of nitrogens with zero attached hydrogens (tertiary/aromatic N) is 3. The molecule has 1 aliphatic rings. The largest absolute Gasteiger partial charge is 0.357 e. The molecule has 2 N–H and O–H groups in total. The average molecular weight is 471 g/mol. The second-order valence-electron chi connectivity index (χ2n) is 6.34. The van der Waals surface area contributed by atoms with E-state index in [1.807, 2.05) is 6.08 Å². The van der Waals surface area contributed by atoms with Gasteiger partial charge in [-0.15, -0.1) is 30.6 Å². The zero-order valence-corrected chi connectivity index (χ0v) is 18.5. The van der Waals surface area contributed by atoms with E-state index >= 15 is 0 Å². The Morgan fingerprint density at radius 3 is 2.35 bits per heavy atom. The summed E-state index contributed by atoms with van der Waals surface area (Å²) in [5.74, 6) is 0.841. The third-order valence-corrected chi connectivity index (χ3v) is 4.59. The van der Waals surface area contributed by atoms with Crippen molar-refractivity contribution in [3.8, 4) is 0 Å². The molecule has 0 spiro atoms. The van der Waals surface area contributed by atoms with Gasteiger partial charge in [-0.05, 0) is 24.6 Å². The fourth-order valence-corrected chi connectivity index (χ4v) is 3.05. The number of likely N-dealkylation sites (N-methyl/N-ethyl adjacent to an activating group) is 1. The summed E-state index contributed by atoms with van der Waals surface area (Å²) in [5.41, 5.74) is 2.69. The number of hydrogen-bond donors (Lipinski definition) is 2. The molecular formula is C20H34IN5. The normalized spacial score (nSPS) is 16.0. The van der Waals surface area contributed by atoms with E-state index in [1.165, 1.54) is 24.2 Å². The lowest BCUT2D eigenvalue weighted by molar-refractivity contribution is 0.131. The van der Waals surface area contributed by atoms with Crippen molar-refractivity contribution in [1.82, 2.24) is 20.4 Å². The highest BCUT2D eigenvalue weighted by Gasteiger charge is 2.16. The third kappa shape index (κ3) is 7.63. The molecule has 0 saturated carbocycles. The van der Waals surface area contributed by atoms with Crippen LogP contribution in [0.5, 0.6) is 0 Å². The molecule has 0 aliphatic carbocycles. The molecule has 0 unspecified atom stereocenters. The summed E-state index contributed by atoms with van der Waals surface area (Å²) in [6.45, 7) is 17.1. The van der Waals surface area contributed by atoms with Crippen LogP contribution in [-0.4, -0.2) is 61.6 Å². The van der Waals surface area contributed by atoms with E-state index in [2.05, 4.69) is 65.1 Å². The molecule has 5 nitrogen and oxygen atoms in total. The summed E-state index contributed by atoms with van der Waals surface area (Å²) in [6.07, 6.45) is 1.84. The van der Waals surface area contributed by atoms with Gasteiger partial charge in [0.2, 0.25) is 0 Å². The molecule has 1 heterocycles. The van der Waals surface area contributed by atoms with Gasteiger partial charge >= 0.3 is 0 Å². The molecule has 1 aromatic carbocycles. The predicted octanol–water partition coefficient (Wildman–Crippen LogP) is 2.68. The van der Waals surface area contributed by atoms with Crippen molar-refractivity contribution in [3.05, 3.63) is 48.0 Å². The Hall–Kier alpha value is -1.12. The van der Waals surface area contributed by atoms with Crippen LogP contribution in [0.1, 0.15) is 25.0 Å². The molecule has 6 heteroatoms. The zero-order chi connectivity index (χ0) is 17.9. The second-order valence-corrected chi connectivity index (χ2v) is 6.34. The number of rotatable bonds is 8. The van der Waals surface area contributed by atoms with Gasteiger partial charge in [-0.25, -0.2) is 4.99 Å². The number of nitrogens with one attached hydrogen (secondary N) is 2. The lowest BCUT2D eigenvalue weighted by Gasteiger charge is -2.34. The van der Waals surface area contributed by atoms with Gasteiger partial charge in [0, 0.05) is 45.8 Å². The first-order valence-electron chi connectivity index (χ1n) is 9.41. The van der Waals surface area contributed by atoms with Gasteiger partial charge in [0.1, 0.15) is 0 Å². The maximum absolute atomic E-state index is 4.72. The molecule has 1 aromatic rings. The quantitative estimate of drug-likeness (QED) is 0.265. The van der Waals surface area contributed by atoms with Crippen LogP contribution in [0.3, 0.4) is 0 Å². The van der Waals surface area contributed by atoms with E-state index in [4.69, 9.17) is 4.99 Å². The Morgan fingerprint density at radius 2 is 1.73 bits per heavy atom. The molecule has 0 aromatic heterocycles.